The fourth-order valence-corrected chi connectivity index (χ4v) is 3.33. The van der Waals surface area contributed by atoms with E-state index in [2.05, 4.69) is 34.0 Å². The average Bonchev–Trinajstić information content (AvgIpc) is 3.09. The molecule has 0 aromatic carbocycles. The first kappa shape index (κ1) is 15.9. The van der Waals surface area contributed by atoms with Crippen LogP contribution in [0.2, 0.25) is 0 Å². The standard InChI is InChI=1S/C19H23N5O/c1-19(20)6-9-23(10-7-19)18-4-3-14(12-21-18)16-11-15(25-2)13-24-17(16)5-8-22-24/h3-5,8,11-13H,6-7,9-10,20H2,1-2H3. The summed E-state index contributed by atoms with van der Waals surface area (Å²) in [5, 5.41) is 4.31. The van der Waals surface area contributed by atoms with Gasteiger partial charge in [-0.1, -0.05) is 0 Å². The highest BCUT2D eigenvalue weighted by Crippen LogP contribution is 2.30. The Labute approximate surface area is 147 Å². The molecule has 3 aromatic heterocycles. The first-order chi connectivity index (χ1) is 12.1. The topological polar surface area (TPSA) is 68.7 Å². The number of nitrogens with two attached hydrogens (primary N) is 1. The van der Waals surface area contributed by atoms with Gasteiger partial charge in [0.25, 0.3) is 0 Å². The minimum absolute atomic E-state index is 0.0509. The Balaban J connectivity index is 1.64. The van der Waals surface area contributed by atoms with Crippen LogP contribution in [-0.4, -0.2) is 40.3 Å². The van der Waals surface area contributed by atoms with Gasteiger partial charge in [0.15, 0.2) is 0 Å². The van der Waals surface area contributed by atoms with Crippen molar-refractivity contribution < 1.29 is 4.74 Å². The Bertz CT molecular complexity index is 874. The summed E-state index contributed by atoms with van der Waals surface area (Å²) in [4.78, 5) is 6.99. The number of nitrogens with zero attached hydrogens (tertiary/aromatic N) is 4. The Morgan fingerprint density at radius 2 is 2.00 bits per heavy atom. The molecule has 0 bridgehead atoms. The normalized spacial score (nSPS) is 17.0. The van der Waals surface area contributed by atoms with E-state index in [-0.39, 0.29) is 5.54 Å². The van der Waals surface area contributed by atoms with Crippen molar-refractivity contribution in [2.75, 3.05) is 25.1 Å². The van der Waals surface area contributed by atoms with E-state index in [0.29, 0.717) is 0 Å². The second-order valence-corrected chi connectivity index (χ2v) is 7.00. The molecule has 0 radical (unpaired) electrons. The molecule has 4 heterocycles. The van der Waals surface area contributed by atoms with Crippen LogP contribution >= 0.6 is 0 Å². The van der Waals surface area contributed by atoms with Crippen LogP contribution in [0.4, 0.5) is 5.82 Å². The van der Waals surface area contributed by atoms with Gasteiger partial charge in [0, 0.05) is 36.0 Å². The molecule has 2 N–H and O–H groups in total. The molecule has 0 unspecified atom stereocenters. The first-order valence-corrected chi connectivity index (χ1v) is 8.57. The lowest BCUT2D eigenvalue weighted by Gasteiger charge is -2.37. The maximum absolute atomic E-state index is 6.22. The monoisotopic (exact) mass is 337 g/mol. The van der Waals surface area contributed by atoms with Crippen molar-refractivity contribution in [3.63, 3.8) is 0 Å². The lowest BCUT2D eigenvalue weighted by molar-refractivity contribution is 0.363. The van der Waals surface area contributed by atoms with E-state index < -0.39 is 0 Å². The predicted octanol–water partition coefficient (Wildman–Crippen LogP) is 2.72. The maximum Gasteiger partial charge on any atom is 0.137 e. The Morgan fingerprint density at radius 3 is 2.68 bits per heavy atom. The van der Waals surface area contributed by atoms with Gasteiger partial charge in [-0.2, -0.15) is 5.10 Å². The molecular weight excluding hydrogens is 314 g/mol. The molecule has 6 heteroatoms. The summed E-state index contributed by atoms with van der Waals surface area (Å²) in [6.07, 6.45) is 7.56. The quantitative estimate of drug-likeness (QED) is 0.796. The second kappa shape index (κ2) is 6.04. The summed E-state index contributed by atoms with van der Waals surface area (Å²) < 4.78 is 7.22. The van der Waals surface area contributed by atoms with Crippen LogP contribution < -0.4 is 15.4 Å². The van der Waals surface area contributed by atoms with Gasteiger partial charge in [-0.25, -0.2) is 9.50 Å². The van der Waals surface area contributed by atoms with E-state index in [0.717, 1.165) is 54.1 Å². The highest BCUT2D eigenvalue weighted by atomic mass is 16.5. The largest absolute Gasteiger partial charge is 0.495 e. The van der Waals surface area contributed by atoms with E-state index in [1.165, 1.54) is 0 Å². The van der Waals surface area contributed by atoms with Crippen molar-refractivity contribution in [1.29, 1.82) is 0 Å². The minimum Gasteiger partial charge on any atom is -0.495 e. The van der Waals surface area contributed by atoms with Crippen molar-refractivity contribution in [3.05, 3.63) is 42.9 Å². The highest BCUT2D eigenvalue weighted by Gasteiger charge is 2.26. The molecule has 0 atom stereocenters. The zero-order valence-corrected chi connectivity index (χ0v) is 14.6. The van der Waals surface area contributed by atoms with Gasteiger partial charge >= 0.3 is 0 Å². The molecule has 0 spiro atoms. The van der Waals surface area contributed by atoms with Crippen LogP contribution in [0, 0.1) is 0 Å². The van der Waals surface area contributed by atoms with Crippen molar-refractivity contribution in [3.8, 4) is 16.9 Å². The molecule has 1 aliphatic rings. The molecule has 1 aliphatic heterocycles. The van der Waals surface area contributed by atoms with Gasteiger partial charge < -0.3 is 15.4 Å². The van der Waals surface area contributed by atoms with Crippen molar-refractivity contribution in [2.24, 2.45) is 5.73 Å². The maximum atomic E-state index is 6.22. The second-order valence-electron chi connectivity index (χ2n) is 7.00. The number of rotatable bonds is 3. The van der Waals surface area contributed by atoms with Crippen LogP contribution in [0.15, 0.2) is 42.9 Å². The molecule has 3 aromatic rings. The lowest BCUT2D eigenvalue weighted by atomic mass is 9.91. The Hall–Kier alpha value is -2.60. The number of aromatic nitrogens is 3. The van der Waals surface area contributed by atoms with E-state index in [1.54, 1.807) is 13.3 Å². The van der Waals surface area contributed by atoms with E-state index >= 15 is 0 Å². The summed E-state index contributed by atoms with van der Waals surface area (Å²) in [6.45, 7) is 4.03. The van der Waals surface area contributed by atoms with Crippen LogP contribution in [0.25, 0.3) is 16.6 Å². The lowest BCUT2D eigenvalue weighted by Crippen LogP contribution is -2.48. The average molecular weight is 337 g/mol. The zero-order chi connectivity index (χ0) is 17.4. The molecule has 1 saturated heterocycles. The summed E-state index contributed by atoms with van der Waals surface area (Å²) >= 11 is 0. The number of methoxy groups -OCH3 is 1. The molecule has 0 aliphatic carbocycles. The number of hydrogen-bond donors (Lipinski definition) is 1. The smallest absolute Gasteiger partial charge is 0.137 e. The molecule has 4 rings (SSSR count). The van der Waals surface area contributed by atoms with E-state index in [9.17, 15) is 0 Å². The Morgan fingerprint density at radius 1 is 1.20 bits per heavy atom. The van der Waals surface area contributed by atoms with E-state index in [4.69, 9.17) is 10.5 Å². The van der Waals surface area contributed by atoms with Crippen LogP contribution in [-0.2, 0) is 0 Å². The molecular formula is C19H23N5O. The molecule has 130 valence electrons. The third kappa shape index (κ3) is 3.05. The van der Waals surface area contributed by atoms with E-state index in [1.807, 2.05) is 29.0 Å². The molecule has 0 saturated carbocycles. The molecule has 0 amide bonds. The van der Waals surface area contributed by atoms with Gasteiger partial charge in [0.1, 0.15) is 11.6 Å². The summed E-state index contributed by atoms with van der Waals surface area (Å²) in [7, 11) is 1.66. The number of fused-ring (bicyclic) bond motifs is 1. The third-order valence-electron chi connectivity index (χ3n) is 5.01. The SMILES string of the molecule is COc1cc(-c2ccc(N3CCC(C)(N)CC3)nc2)c2ccnn2c1. The van der Waals surface area contributed by atoms with Crippen molar-refractivity contribution in [2.45, 2.75) is 25.3 Å². The summed E-state index contributed by atoms with van der Waals surface area (Å²) in [5.74, 6) is 1.78. The first-order valence-electron chi connectivity index (χ1n) is 8.57. The van der Waals surface area contributed by atoms with Crippen LogP contribution in [0.1, 0.15) is 19.8 Å². The molecule has 1 fully saturated rings. The fourth-order valence-electron chi connectivity index (χ4n) is 3.33. The van der Waals surface area contributed by atoms with Crippen molar-refractivity contribution >= 4 is 11.3 Å². The molecule has 25 heavy (non-hydrogen) atoms. The minimum atomic E-state index is -0.0509. The summed E-state index contributed by atoms with van der Waals surface area (Å²) in [6, 6.07) is 8.21. The number of ether oxygens (including phenoxy) is 1. The predicted molar refractivity (Wildman–Crippen MR) is 99.0 cm³/mol. The zero-order valence-electron chi connectivity index (χ0n) is 14.6. The van der Waals surface area contributed by atoms with Gasteiger partial charge in [0.2, 0.25) is 0 Å². The van der Waals surface area contributed by atoms with Crippen molar-refractivity contribution in [1.82, 2.24) is 14.6 Å². The fraction of sp³-hybridized carbons (Fsp3) is 0.368. The number of piperidine rings is 1. The summed E-state index contributed by atoms with van der Waals surface area (Å²) in [5.41, 5.74) is 9.31. The van der Waals surface area contributed by atoms with Crippen LogP contribution in [0.3, 0.4) is 0 Å². The number of pyridine rings is 2. The van der Waals surface area contributed by atoms with Gasteiger partial charge in [-0.3, -0.25) is 0 Å². The third-order valence-corrected chi connectivity index (χ3v) is 5.01. The Kier molecular flexibility index (Phi) is 3.84. The number of hydrogen-bond acceptors (Lipinski definition) is 5. The number of anilines is 1. The molecule has 6 nitrogen and oxygen atoms in total. The highest BCUT2D eigenvalue weighted by molar-refractivity contribution is 5.81. The van der Waals surface area contributed by atoms with Crippen LogP contribution in [0.5, 0.6) is 5.75 Å². The van der Waals surface area contributed by atoms with Gasteiger partial charge in [-0.05, 0) is 44.0 Å². The van der Waals surface area contributed by atoms with Gasteiger partial charge in [-0.15, -0.1) is 0 Å². The van der Waals surface area contributed by atoms with Gasteiger partial charge in [0.05, 0.1) is 25.0 Å².